The Balaban J connectivity index is 1.66. The van der Waals surface area contributed by atoms with Crippen molar-refractivity contribution in [1.29, 1.82) is 0 Å². The molecule has 2 aromatic carbocycles. The molecular weight excluding hydrogens is 330 g/mol. The van der Waals surface area contributed by atoms with E-state index in [1.807, 2.05) is 30.3 Å². The van der Waals surface area contributed by atoms with Gasteiger partial charge in [-0.2, -0.15) is 0 Å². The summed E-state index contributed by atoms with van der Waals surface area (Å²) in [6.07, 6.45) is 2.08. The summed E-state index contributed by atoms with van der Waals surface area (Å²) in [6.45, 7) is 0. The Bertz CT molecular complexity index is 977. The lowest BCUT2D eigenvalue weighted by atomic mass is 10.1. The minimum atomic E-state index is -0.609. The molecule has 1 aliphatic rings. The molecule has 0 spiro atoms. The minimum absolute atomic E-state index is 0.0648. The normalized spacial score (nSPS) is 13.4. The summed E-state index contributed by atoms with van der Waals surface area (Å²) in [7, 11) is 0. The lowest BCUT2D eigenvalue weighted by Gasteiger charge is -2.06. The third-order valence-electron chi connectivity index (χ3n) is 4.22. The SMILES string of the molecule is NC(=O)c1ccccc1NC(=O)c1nc(C2CC2)n(-c2ccccc2)n1. The predicted octanol–water partition coefficient (Wildman–Crippen LogP) is 2.50. The fourth-order valence-electron chi connectivity index (χ4n) is 2.77. The van der Waals surface area contributed by atoms with Gasteiger partial charge in [-0.1, -0.05) is 30.3 Å². The molecule has 1 saturated carbocycles. The largest absolute Gasteiger partial charge is 0.366 e. The van der Waals surface area contributed by atoms with E-state index in [2.05, 4.69) is 15.4 Å². The van der Waals surface area contributed by atoms with Crippen molar-refractivity contribution in [2.24, 2.45) is 5.73 Å². The zero-order chi connectivity index (χ0) is 18.1. The molecule has 130 valence electrons. The summed E-state index contributed by atoms with van der Waals surface area (Å²) in [6, 6.07) is 16.2. The van der Waals surface area contributed by atoms with E-state index in [9.17, 15) is 9.59 Å². The molecule has 7 heteroatoms. The molecule has 1 aromatic heterocycles. The first-order valence-corrected chi connectivity index (χ1v) is 8.36. The number of amides is 2. The summed E-state index contributed by atoms with van der Waals surface area (Å²) < 4.78 is 1.71. The van der Waals surface area contributed by atoms with Crippen molar-refractivity contribution in [2.75, 3.05) is 5.32 Å². The van der Waals surface area contributed by atoms with Gasteiger partial charge in [-0.15, -0.1) is 5.10 Å². The van der Waals surface area contributed by atoms with Crippen LogP contribution in [0.15, 0.2) is 54.6 Å². The third-order valence-corrected chi connectivity index (χ3v) is 4.22. The number of carbonyl (C=O) groups is 2. The maximum atomic E-state index is 12.6. The van der Waals surface area contributed by atoms with Crippen LogP contribution in [0.2, 0.25) is 0 Å². The van der Waals surface area contributed by atoms with Gasteiger partial charge in [0.25, 0.3) is 11.8 Å². The summed E-state index contributed by atoms with van der Waals surface area (Å²) in [5.74, 6) is 0.0827. The van der Waals surface area contributed by atoms with Crippen LogP contribution in [0.25, 0.3) is 5.69 Å². The summed E-state index contributed by atoms with van der Waals surface area (Å²) in [4.78, 5) is 28.6. The Morgan fingerprint density at radius 1 is 1.04 bits per heavy atom. The topological polar surface area (TPSA) is 103 Å². The van der Waals surface area contributed by atoms with Gasteiger partial charge in [0.05, 0.1) is 16.9 Å². The fourth-order valence-corrected chi connectivity index (χ4v) is 2.77. The maximum absolute atomic E-state index is 12.6. The first-order valence-electron chi connectivity index (χ1n) is 8.36. The monoisotopic (exact) mass is 347 g/mol. The van der Waals surface area contributed by atoms with Crippen LogP contribution >= 0.6 is 0 Å². The van der Waals surface area contributed by atoms with E-state index >= 15 is 0 Å². The molecule has 4 rings (SSSR count). The smallest absolute Gasteiger partial charge is 0.295 e. The van der Waals surface area contributed by atoms with Gasteiger partial charge in [0.1, 0.15) is 5.82 Å². The molecule has 0 atom stereocenters. The van der Waals surface area contributed by atoms with E-state index in [0.717, 1.165) is 24.4 Å². The second-order valence-corrected chi connectivity index (χ2v) is 6.18. The molecule has 1 aliphatic carbocycles. The molecule has 0 unspecified atom stereocenters. The van der Waals surface area contributed by atoms with Crippen LogP contribution in [-0.2, 0) is 0 Å². The Morgan fingerprint density at radius 2 is 1.73 bits per heavy atom. The van der Waals surface area contributed by atoms with Crippen LogP contribution in [0.3, 0.4) is 0 Å². The van der Waals surface area contributed by atoms with Crippen LogP contribution < -0.4 is 11.1 Å². The number of nitrogens with two attached hydrogens (primary N) is 1. The van der Waals surface area contributed by atoms with Crippen molar-refractivity contribution in [3.8, 4) is 5.69 Å². The Labute approximate surface area is 149 Å². The molecule has 26 heavy (non-hydrogen) atoms. The molecule has 0 radical (unpaired) electrons. The lowest BCUT2D eigenvalue weighted by molar-refractivity contribution is 0.100. The van der Waals surface area contributed by atoms with Crippen LogP contribution in [0.4, 0.5) is 5.69 Å². The van der Waals surface area contributed by atoms with E-state index in [0.29, 0.717) is 11.6 Å². The summed E-state index contributed by atoms with van der Waals surface area (Å²) in [5.41, 5.74) is 6.80. The van der Waals surface area contributed by atoms with Gasteiger partial charge < -0.3 is 11.1 Å². The van der Waals surface area contributed by atoms with Crippen LogP contribution in [0.5, 0.6) is 0 Å². The molecule has 3 aromatic rings. The molecule has 2 amide bonds. The minimum Gasteiger partial charge on any atom is -0.366 e. The van der Waals surface area contributed by atoms with E-state index in [4.69, 9.17) is 5.73 Å². The first kappa shape index (κ1) is 16.0. The lowest BCUT2D eigenvalue weighted by Crippen LogP contribution is -2.19. The van der Waals surface area contributed by atoms with Crippen LogP contribution in [-0.4, -0.2) is 26.6 Å². The van der Waals surface area contributed by atoms with Gasteiger partial charge in [-0.25, -0.2) is 9.67 Å². The van der Waals surface area contributed by atoms with E-state index in [1.165, 1.54) is 0 Å². The number of rotatable bonds is 5. The highest BCUT2D eigenvalue weighted by molar-refractivity contribution is 6.07. The molecule has 3 N–H and O–H groups in total. The average Bonchev–Trinajstić information content (AvgIpc) is 3.40. The number of hydrogen-bond donors (Lipinski definition) is 2. The Morgan fingerprint density at radius 3 is 2.42 bits per heavy atom. The van der Waals surface area contributed by atoms with E-state index in [-0.39, 0.29) is 11.4 Å². The predicted molar refractivity (Wildman–Crippen MR) is 96.2 cm³/mol. The molecule has 0 saturated heterocycles. The summed E-state index contributed by atoms with van der Waals surface area (Å²) in [5, 5.41) is 7.07. The number of nitrogens with one attached hydrogen (secondary N) is 1. The summed E-state index contributed by atoms with van der Waals surface area (Å²) >= 11 is 0. The van der Waals surface area contributed by atoms with E-state index < -0.39 is 11.8 Å². The van der Waals surface area contributed by atoms with Crippen LogP contribution in [0.1, 0.15) is 45.6 Å². The molecule has 7 nitrogen and oxygen atoms in total. The number of anilines is 1. The van der Waals surface area contributed by atoms with Crippen molar-refractivity contribution in [3.05, 3.63) is 71.8 Å². The number of primary amides is 1. The van der Waals surface area contributed by atoms with E-state index in [1.54, 1.807) is 28.9 Å². The second kappa shape index (κ2) is 6.44. The fraction of sp³-hybridized carbons (Fsp3) is 0.158. The maximum Gasteiger partial charge on any atom is 0.295 e. The zero-order valence-electron chi connectivity index (χ0n) is 13.9. The van der Waals surface area contributed by atoms with Gasteiger partial charge in [0.2, 0.25) is 5.82 Å². The highest BCUT2D eigenvalue weighted by atomic mass is 16.2. The molecule has 0 bridgehead atoms. The third kappa shape index (κ3) is 3.06. The highest BCUT2D eigenvalue weighted by Gasteiger charge is 2.31. The number of benzene rings is 2. The van der Waals surface area contributed by atoms with Crippen molar-refractivity contribution in [2.45, 2.75) is 18.8 Å². The molecular formula is C19H17N5O2. The standard InChI is InChI=1S/C19H17N5O2/c20-16(25)14-8-4-5-9-15(14)21-19(26)17-22-18(12-10-11-12)24(23-17)13-6-2-1-3-7-13/h1-9,12H,10-11H2,(H2,20,25)(H,21,26). The van der Waals surface area contributed by atoms with Crippen molar-refractivity contribution < 1.29 is 9.59 Å². The van der Waals surface area contributed by atoms with Crippen molar-refractivity contribution in [1.82, 2.24) is 14.8 Å². The first-order chi connectivity index (χ1) is 12.6. The van der Waals surface area contributed by atoms with Gasteiger partial charge in [0.15, 0.2) is 0 Å². The number of carbonyl (C=O) groups excluding carboxylic acids is 2. The van der Waals surface area contributed by atoms with Gasteiger partial charge in [0, 0.05) is 5.92 Å². The van der Waals surface area contributed by atoms with Crippen molar-refractivity contribution >= 4 is 17.5 Å². The Kier molecular flexibility index (Phi) is 3.96. The number of hydrogen-bond acceptors (Lipinski definition) is 4. The zero-order valence-corrected chi connectivity index (χ0v) is 13.9. The highest BCUT2D eigenvalue weighted by Crippen LogP contribution is 2.39. The molecule has 1 fully saturated rings. The number of para-hydroxylation sites is 2. The van der Waals surface area contributed by atoms with Crippen LogP contribution in [0, 0.1) is 0 Å². The molecule has 0 aliphatic heterocycles. The quantitative estimate of drug-likeness (QED) is 0.740. The molecule has 1 heterocycles. The second-order valence-electron chi connectivity index (χ2n) is 6.18. The number of aromatic nitrogens is 3. The number of nitrogens with zero attached hydrogens (tertiary/aromatic N) is 3. The average molecular weight is 347 g/mol. The van der Waals surface area contributed by atoms with Crippen molar-refractivity contribution in [3.63, 3.8) is 0 Å². The van der Waals surface area contributed by atoms with Gasteiger partial charge >= 0.3 is 0 Å². The Hall–Kier alpha value is -3.48. The van der Waals surface area contributed by atoms with Gasteiger partial charge in [-0.05, 0) is 37.1 Å². The van der Waals surface area contributed by atoms with Gasteiger partial charge in [-0.3, -0.25) is 9.59 Å².